The second-order valence-corrected chi connectivity index (χ2v) is 5.41. The van der Waals surface area contributed by atoms with Crippen LogP contribution >= 0.6 is 0 Å². The van der Waals surface area contributed by atoms with Crippen molar-refractivity contribution in [2.75, 3.05) is 12.3 Å². The summed E-state index contributed by atoms with van der Waals surface area (Å²) in [5.74, 6) is -0.00126. The van der Waals surface area contributed by atoms with E-state index in [0.717, 1.165) is 0 Å². The standard InChI is InChI=1S/C14H19N5O4/c1-2-3-11(21)23-8-4-10(22-9(8)5-20)19-7-18-12-13(15)16-6-17-14(12)19/h6-10,20H,2-5H2,1H3,(H2,15,16,17)/t8?,9-,10-/m1/s1. The third-order valence-corrected chi connectivity index (χ3v) is 3.79. The van der Waals surface area contributed by atoms with Crippen molar-refractivity contribution in [3.63, 3.8) is 0 Å². The number of imidazole rings is 1. The predicted octanol–water partition coefficient (Wildman–Crippen LogP) is 0.400. The lowest BCUT2D eigenvalue weighted by Gasteiger charge is -2.16. The second kappa shape index (κ2) is 6.47. The Morgan fingerprint density at radius 1 is 1.52 bits per heavy atom. The van der Waals surface area contributed by atoms with E-state index >= 15 is 0 Å². The lowest BCUT2D eigenvalue weighted by molar-refractivity contribution is -0.153. The molecule has 0 aromatic carbocycles. The van der Waals surface area contributed by atoms with Gasteiger partial charge in [-0.25, -0.2) is 15.0 Å². The summed E-state index contributed by atoms with van der Waals surface area (Å²) in [6.07, 6.45) is 2.87. The van der Waals surface area contributed by atoms with Gasteiger partial charge >= 0.3 is 5.97 Å². The maximum Gasteiger partial charge on any atom is 0.306 e. The zero-order valence-electron chi connectivity index (χ0n) is 12.8. The fourth-order valence-corrected chi connectivity index (χ4v) is 2.67. The largest absolute Gasteiger partial charge is 0.459 e. The first-order valence-corrected chi connectivity index (χ1v) is 7.52. The zero-order chi connectivity index (χ0) is 16.4. The maximum absolute atomic E-state index is 11.7. The minimum Gasteiger partial charge on any atom is -0.459 e. The van der Waals surface area contributed by atoms with E-state index in [9.17, 15) is 9.90 Å². The van der Waals surface area contributed by atoms with Crippen molar-refractivity contribution in [3.05, 3.63) is 12.7 Å². The SMILES string of the molecule is CCCC(=O)OC1C[C@H](n2cnc3c(N)ncnc32)O[C@@H]1CO. The highest BCUT2D eigenvalue weighted by Gasteiger charge is 2.39. The highest BCUT2D eigenvalue weighted by Crippen LogP contribution is 2.33. The first kappa shape index (κ1) is 15.6. The lowest BCUT2D eigenvalue weighted by atomic mass is 10.2. The molecule has 2 aromatic rings. The number of aromatic nitrogens is 4. The van der Waals surface area contributed by atoms with Crippen LogP contribution in [0.4, 0.5) is 5.82 Å². The van der Waals surface area contributed by atoms with E-state index in [2.05, 4.69) is 15.0 Å². The van der Waals surface area contributed by atoms with Crippen molar-refractivity contribution in [2.45, 2.75) is 44.6 Å². The molecule has 3 atom stereocenters. The molecule has 3 N–H and O–H groups in total. The number of rotatable bonds is 5. The van der Waals surface area contributed by atoms with E-state index < -0.39 is 18.4 Å². The highest BCUT2D eigenvalue weighted by atomic mass is 16.6. The molecule has 1 aliphatic rings. The van der Waals surface area contributed by atoms with Gasteiger partial charge in [-0.1, -0.05) is 6.92 Å². The first-order chi connectivity index (χ1) is 11.1. The minimum absolute atomic E-state index is 0.232. The summed E-state index contributed by atoms with van der Waals surface area (Å²) in [6, 6.07) is 0. The number of fused-ring (bicyclic) bond motifs is 1. The monoisotopic (exact) mass is 321 g/mol. The molecule has 1 saturated heterocycles. The maximum atomic E-state index is 11.7. The summed E-state index contributed by atoms with van der Waals surface area (Å²) in [4.78, 5) is 24.0. The molecule has 23 heavy (non-hydrogen) atoms. The molecule has 9 nitrogen and oxygen atoms in total. The number of nitrogen functional groups attached to an aromatic ring is 1. The smallest absolute Gasteiger partial charge is 0.306 e. The van der Waals surface area contributed by atoms with Crippen LogP contribution in [0.1, 0.15) is 32.4 Å². The average Bonchev–Trinajstić information content (AvgIpc) is 3.12. The molecule has 9 heteroatoms. The third-order valence-electron chi connectivity index (χ3n) is 3.79. The quantitative estimate of drug-likeness (QED) is 0.758. The van der Waals surface area contributed by atoms with Gasteiger partial charge in [-0.15, -0.1) is 0 Å². The molecule has 124 valence electrons. The normalized spacial score (nSPS) is 24.2. The molecule has 0 aliphatic carbocycles. The summed E-state index contributed by atoms with van der Waals surface area (Å²) in [5.41, 5.74) is 6.80. The predicted molar refractivity (Wildman–Crippen MR) is 80.1 cm³/mol. The number of aliphatic hydroxyl groups excluding tert-OH is 1. The van der Waals surface area contributed by atoms with Crippen molar-refractivity contribution in [1.29, 1.82) is 0 Å². The number of hydrogen-bond acceptors (Lipinski definition) is 8. The van der Waals surface area contributed by atoms with Crippen molar-refractivity contribution >= 4 is 23.0 Å². The number of nitrogens with two attached hydrogens (primary N) is 1. The number of nitrogens with zero attached hydrogens (tertiary/aromatic N) is 4. The van der Waals surface area contributed by atoms with Crippen LogP contribution < -0.4 is 5.73 Å². The Bertz CT molecular complexity index is 704. The molecule has 3 rings (SSSR count). The molecule has 1 unspecified atom stereocenters. The average molecular weight is 321 g/mol. The first-order valence-electron chi connectivity index (χ1n) is 7.52. The van der Waals surface area contributed by atoms with E-state index in [4.69, 9.17) is 15.2 Å². The topological polar surface area (TPSA) is 125 Å². The van der Waals surface area contributed by atoms with E-state index in [1.165, 1.54) is 6.33 Å². The van der Waals surface area contributed by atoms with Gasteiger partial charge in [0.25, 0.3) is 0 Å². The molecular formula is C14H19N5O4. The van der Waals surface area contributed by atoms with Crippen molar-refractivity contribution in [2.24, 2.45) is 0 Å². The minimum atomic E-state index is -0.572. The number of anilines is 1. The van der Waals surface area contributed by atoms with Crippen LogP contribution in [-0.4, -0.2) is 49.4 Å². The van der Waals surface area contributed by atoms with E-state index in [-0.39, 0.29) is 18.4 Å². The van der Waals surface area contributed by atoms with Gasteiger partial charge in [-0.3, -0.25) is 9.36 Å². The number of hydrogen-bond donors (Lipinski definition) is 2. The number of ether oxygens (including phenoxy) is 2. The number of esters is 1. The van der Waals surface area contributed by atoms with Crippen LogP contribution in [0.3, 0.4) is 0 Å². The number of carbonyl (C=O) groups is 1. The molecule has 0 radical (unpaired) electrons. The van der Waals surface area contributed by atoms with Gasteiger partial charge < -0.3 is 20.3 Å². The molecule has 0 spiro atoms. The van der Waals surface area contributed by atoms with Crippen LogP contribution in [0.2, 0.25) is 0 Å². The fraction of sp³-hybridized carbons (Fsp3) is 0.571. The molecule has 0 saturated carbocycles. The Kier molecular flexibility index (Phi) is 4.39. The molecule has 0 amide bonds. The van der Waals surface area contributed by atoms with E-state index in [1.807, 2.05) is 6.92 Å². The van der Waals surface area contributed by atoms with Gasteiger partial charge in [0.05, 0.1) is 12.9 Å². The Morgan fingerprint density at radius 2 is 2.35 bits per heavy atom. The molecule has 1 fully saturated rings. The molecule has 3 heterocycles. The van der Waals surface area contributed by atoms with Gasteiger partial charge in [-0.2, -0.15) is 0 Å². The van der Waals surface area contributed by atoms with Gasteiger partial charge in [0.2, 0.25) is 0 Å². The number of aliphatic hydroxyl groups is 1. The van der Waals surface area contributed by atoms with Crippen LogP contribution in [-0.2, 0) is 14.3 Å². The Balaban J connectivity index is 1.81. The summed E-state index contributed by atoms with van der Waals surface area (Å²) >= 11 is 0. The van der Waals surface area contributed by atoms with Gasteiger partial charge in [-0.05, 0) is 6.42 Å². The Hall–Kier alpha value is -2.26. The van der Waals surface area contributed by atoms with E-state index in [1.54, 1.807) is 10.9 Å². The zero-order valence-corrected chi connectivity index (χ0v) is 12.8. The third kappa shape index (κ3) is 2.97. The van der Waals surface area contributed by atoms with Crippen molar-refractivity contribution in [1.82, 2.24) is 19.5 Å². The molecular weight excluding hydrogens is 302 g/mol. The van der Waals surface area contributed by atoms with Crippen LogP contribution in [0.25, 0.3) is 11.2 Å². The van der Waals surface area contributed by atoms with Gasteiger partial charge in [0, 0.05) is 12.8 Å². The van der Waals surface area contributed by atoms with Crippen molar-refractivity contribution in [3.8, 4) is 0 Å². The summed E-state index contributed by atoms with van der Waals surface area (Å²) in [7, 11) is 0. The Morgan fingerprint density at radius 3 is 3.09 bits per heavy atom. The van der Waals surface area contributed by atoms with Crippen LogP contribution in [0, 0.1) is 0 Å². The highest BCUT2D eigenvalue weighted by molar-refractivity contribution is 5.81. The van der Waals surface area contributed by atoms with Gasteiger partial charge in [0.15, 0.2) is 11.5 Å². The van der Waals surface area contributed by atoms with Crippen molar-refractivity contribution < 1.29 is 19.4 Å². The van der Waals surface area contributed by atoms with Crippen LogP contribution in [0.5, 0.6) is 0 Å². The molecule has 2 aromatic heterocycles. The van der Waals surface area contributed by atoms with E-state index in [0.29, 0.717) is 30.4 Å². The molecule has 0 bridgehead atoms. The Labute approximate surface area is 132 Å². The lowest BCUT2D eigenvalue weighted by Crippen LogP contribution is -2.29. The molecule has 1 aliphatic heterocycles. The fourth-order valence-electron chi connectivity index (χ4n) is 2.67. The summed E-state index contributed by atoms with van der Waals surface area (Å²) in [5, 5.41) is 9.47. The second-order valence-electron chi connectivity index (χ2n) is 5.41. The number of carbonyl (C=O) groups excluding carboxylic acids is 1. The summed E-state index contributed by atoms with van der Waals surface area (Å²) in [6.45, 7) is 1.67. The summed E-state index contributed by atoms with van der Waals surface area (Å²) < 4.78 is 12.9. The van der Waals surface area contributed by atoms with Gasteiger partial charge in [0.1, 0.15) is 30.3 Å². The van der Waals surface area contributed by atoms with Crippen LogP contribution in [0.15, 0.2) is 12.7 Å².